The van der Waals surface area contributed by atoms with Crippen molar-refractivity contribution >= 4 is 39.8 Å². The van der Waals surface area contributed by atoms with Crippen LogP contribution in [0.3, 0.4) is 0 Å². The van der Waals surface area contributed by atoms with Crippen LogP contribution in [0.25, 0.3) is 0 Å². The number of thioether (sulfide) groups is 1. The second-order valence-electron chi connectivity index (χ2n) is 9.61. The van der Waals surface area contributed by atoms with Crippen LogP contribution >= 0.6 is 11.8 Å². The van der Waals surface area contributed by atoms with Gasteiger partial charge in [-0.05, 0) is 35.4 Å². The van der Waals surface area contributed by atoms with Crippen molar-refractivity contribution in [2.75, 3.05) is 16.9 Å². The second-order valence-corrected chi connectivity index (χ2v) is 10.7. The van der Waals surface area contributed by atoms with Crippen molar-refractivity contribution in [2.24, 2.45) is 4.99 Å². The van der Waals surface area contributed by atoms with Gasteiger partial charge in [0.15, 0.2) is 5.66 Å². The third-order valence-electron chi connectivity index (χ3n) is 7.18. The highest BCUT2D eigenvalue weighted by atomic mass is 32.2. The fourth-order valence-electron chi connectivity index (χ4n) is 5.41. The molecule has 5 nitrogen and oxygen atoms in total. The first-order valence-corrected chi connectivity index (χ1v) is 13.8. The molecule has 0 radical (unpaired) electrons. The Morgan fingerprint density at radius 1 is 0.795 bits per heavy atom. The number of hydrogen-bond donors (Lipinski definition) is 0. The van der Waals surface area contributed by atoms with Gasteiger partial charge in [-0.3, -0.25) is 0 Å². The molecule has 0 bridgehead atoms. The van der Waals surface area contributed by atoms with E-state index >= 15 is 0 Å². The summed E-state index contributed by atoms with van der Waals surface area (Å²) >= 11 is 1.57. The van der Waals surface area contributed by atoms with Crippen molar-refractivity contribution in [3.05, 3.63) is 137 Å². The Balaban J connectivity index is 1.57. The quantitative estimate of drug-likeness (QED) is 0.192. The number of fused-ring (bicyclic) bond motifs is 1. The summed E-state index contributed by atoms with van der Waals surface area (Å²) in [7, 11) is 1.42. The number of benzene rings is 4. The molecule has 0 atom stereocenters. The summed E-state index contributed by atoms with van der Waals surface area (Å²) in [6.07, 6.45) is 2.22. The van der Waals surface area contributed by atoms with Crippen molar-refractivity contribution in [2.45, 2.75) is 25.2 Å². The molecule has 1 fully saturated rings. The van der Waals surface area contributed by atoms with E-state index in [0.29, 0.717) is 19.5 Å². The van der Waals surface area contributed by atoms with E-state index in [0.717, 1.165) is 27.0 Å². The number of rotatable bonds is 6. The maximum atomic E-state index is 12.4. The molecule has 39 heavy (non-hydrogen) atoms. The van der Waals surface area contributed by atoms with E-state index in [1.165, 1.54) is 18.2 Å². The third kappa shape index (κ3) is 4.84. The minimum absolute atomic E-state index is 0.353. The summed E-state index contributed by atoms with van der Waals surface area (Å²) in [6.45, 7) is 1.39. The van der Waals surface area contributed by atoms with E-state index in [4.69, 9.17) is 9.73 Å². The van der Waals surface area contributed by atoms with Crippen LogP contribution in [0.1, 0.15) is 17.5 Å². The van der Waals surface area contributed by atoms with Gasteiger partial charge >= 0.3 is 5.97 Å². The van der Waals surface area contributed by atoms with Crippen LogP contribution in [0.5, 0.6) is 0 Å². The van der Waals surface area contributed by atoms with Crippen LogP contribution in [0.15, 0.2) is 131 Å². The molecule has 6 rings (SSSR count). The average Bonchev–Trinajstić information content (AvgIpc) is 3.45. The highest BCUT2D eigenvalue weighted by molar-refractivity contribution is 8.18. The summed E-state index contributed by atoms with van der Waals surface area (Å²) in [5.41, 5.74) is 4.98. The fourth-order valence-corrected chi connectivity index (χ4v) is 6.70. The van der Waals surface area contributed by atoms with Crippen LogP contribution in [0, 0.1) is 0 Å². The molecule has 194 valence electrons. The van der Waals surface area contributed by atoms with Crippen molar-refractivity contribution in [3.63, 3.8) is 0 Å². The van der Waals surface area contributed by atoms with Crippen molar-refractivity contribution in [1.82, 2.24) is 0 Å². The summed E-state index contributed by atoms with van der Waals surface area (Å²) < 4.78 is 5.03. The molecular weight excluding hydrogens is 502 g/mol. The molecule has 0 amide bonds. The molecule has 0 aliphatic carbocycles. The number of carbonyl (C=O) groups is 1. The fraction of sp³-hybridized carbons (Fsp3) is 0.152. The number of nitrogens with zero attached hydrogens (tertiary/aromatic N) is 3. The predicted octanol–water partition coefficient (Wildman–Crippen LogP) is 7.33. The average molecular weight is 532 g/mol. The van der Waals surface area contributed by atoms with Crippen molar-refractivity contribution in [1.29, 1.82) is 0 Å². The highest BCUT2D eigenvalue weighted by Crippen LogP contribution is 2.56. The van der Waals surface area contributed by atoms with Crippen LogP contribution in [0.4, 0.5) is 17.1 Å². The van der Waals surface area contributed by atoms with Crippen LogP contribution in [0.2, 0.25) is 0 Å². The molecule has 1 saturated heterocycles. The summed E-state index contributed by atoms with van der Waals surface area (Å²) in [6, 6.07) is 39.7. The van der Waals surface area contributed by atoms with Gasteiger partial charge < -0.3 is 14.5 Å². The van der Waals surface area contributed by atoms with E-state index in [2.05, 4.69) is 82.6 Å². The third-order valence-corrected chi connectivity index (χ3v) is 8.32. The summed E-state index contributed by atoms with van der Waals surface area (Å²) in [5.74, 6) is -0.353. The molecule has 1 spiro atoms. The largest absolute Gasteiger partial charge is 0.466 e. The van der Waals surface area contributed by atoms with Gasteiger partial charge in [0.05, 0.1) is 24.2 Å². The van der Waals surface area contributed by atoms with E-state index in [1.807, 2.05) is 42.5 Å². The number of ether oxygens (including phenoxy) is 1. The zero-order valence-corrected chi connectivity index (χ0v) is 22.6. The highest BCUT2D eigenvalue weighted by Gasteiger charge is 2.57. The first-order chi connectivity index (χ1) is 19.2. The van der Waals surface area contributed by atoms with Gasteiger partial charge in [0, 0.05) is 30.5 Å². The van der Waals surface area contributed by atoms with E-state index in [9.17, 15) is 4.79 Å². The minimum atomic E-state index is -0.629. The normalized spacial score (nSPS) is 17.7. The Morgan fingerprint density at radius 3 is 1.79 bits per heavy atom. The summed E-state index contributed by atoms with van der Waals surface area (Å²) in [5, 5.41) is 0.937. The van der Waals surface area contributed by atoms with Gasteiger partial charge in [-0.1, -0.05) is 103 Å². The topological polar surface area (TPSA) is 45.1 Å². The smallest absolute Gasteiger partial charge is 0.331 e. The minimum Gasteiger partial charge on any atom is -0.466 e. The summed E-state index contributed by atoms with van der Waals surface area (Å²) in [4.78, 5) is 23.5. The Bertz CT molecular complexity index is 1450. The van der Waals surface area contributed by atoms with Gasteiger partial charge in [0.1, 0.15) is 5.04 Å². The molecular formula is C33H29N3O2S. The lowest BCUT2D eigenvalue weighted by atomic mass is 10.0. The lowest BCUT2D eigenvalue weighted by Gasteiger charge is -2.43. The van der Waals surface area contributed by atoms with Gasteiger partial charge in [-0.2, -0.15) is 0 Å². The molecule has 4 aromatic carbocycles. The van der Waals surface area contributed by atoms with Gasteiger partial charge in [0.25, 0.3) is 0 Å². The molecule has 2 aliphatic heterocycles. The van der Waals surface area contributed by atoms with Gasteiger partial charge in [0.2, 0.25) is 0 Å². The maximum absolute atomic E-state index is 12.4. The maximum Gasteiger partial charge on any atom is 0.331 e. The number of anilines is 2. The van der Waals surface area contributed by atoms with E-state index in [1.54, 1.807) is 17.8 Å². The van der Waals surface area contributed by atoms with Crippen molar-refractivity contribution < 1.29 is 9.53 Å². The Morgan fingerprint density at radius 2 is 1.28 bits per heavy atom. The Hall–Kier alpha value is -4.29. The lowest BCUT2D eigenvalue weighted by Crippen LogP contribution is -2.59. The number of aliphatic imine (C=N–C) groups is 1. The second kappa shape index (κ2) is 10.8. The van der Waals surface area contributed by atoms with Gasteiger partial charge in [-0.25, -0.2) is 9.79 Å². The molecule has 4 aromatic rings. The number of hydrogen-bond acceptors (Lipinski definition) is 6. The number of methoxy groups -OCH3 is 1. The van der Waals surface area contributed by atoms with Crippen LogP contribution in [-0.2, 0) is 22.6 Å². The molecule has 0 unspecified atom stereocenters. The molecule has 0 aromatic heterocycles. The van der Waals surface area contributed by atoms with Crippen LogP contribution < -0.4 is 9.80 Å². The lowest BCUT2D eigenvalue weighted by molar-refractivity contribution is -0.134. The zero-order chi connectivity index (χ0) is 26.7. The zero-order valence-electron chi connectivity index (χ0n) is 21.7. The van der Waals surface area contributed by atoms with E-state index < -0.39 is 5.66 Å². The monoisotopic (exact) mass is 531 g/mol. The Kier molecular flexibility index (Phi) is 6.95. The SMILES string of the molecule is COC(=O)/C=C1/CC2(C(=Nc3ccccc3)S1)N(Cc1ccccc1)c1ccccc1N2Cc1ccccc1. The molecule has 6 heteroatoms. The number of carbonyl (C=O) groups excluding carboxylic acids is 1. The number of esters is 1. The first kappa shape index (κ1) is 25.0. The van der Waals surface area contributed by atoms with Gasteiger partial charge in [-0.15, -0.1) is 0 Å². The number of para-hydroxylation sites is 3. The van der Waals surface area contributed by atoms with Crippen molar-refractivity contribution in [3.8, 4) is 0 Å². The predicted molar refractivity (Wildman–Crippen MR) is 160 cm³/mol. The molecule has 0 N–H and O–H groups in total. The molecule has 0 saturated carbocycles. The standard InChI is InChI=1S/C33H29N3O2S/c1-38-31(37)21-28-22-33(32(39-28)34-27-17-9-4-10-18-27)35(23-25-13-5-2-6-14-25)29-19-11-12-20-30(29)36(33)24-26-15-7-3-8-16-26/h2-21H,22-24H2,1H3/b28-21-,34-32?. The Labute approximate surface area is 233 Å². The van der Waals surface area contributed by atoms with E-state index in [-0.39, 0.29) is 5.97 Å². The first-order valence-electron chi connectivity index (χ1n) is 13.0. The van der Waals surface area contributed by atoms with Crippen LogP contribution in [-0.4, -0.2) is 23.8 Å². The molecule has 2 heterocycles. The molecule has 2 aliphatic rings.